The van der Waals surface area contributed by atoms with Crippen LogP contribution in [0.1, 0.15) is 47.2 Å². The van der Waals surface area contributed by atoms with Gasteiger partial charge in [-0.2, -0.15) is 0 Å². The molecule has 0 radical (unpaired) electrons. The number of benzene rings is 11. The third kappa shape index (κ3) is 5.52. The minimum absolute atomic E-state index is 0.187. The lowest BCUT2D eigenvalue weighted by atomic mass is 9.66. The van der Waals surface area contributed by atoms with Crippen LogP contribution in [0.4, 0.5) is 17.1 Å². The van der Waals surface area contributed by atoms with E-state index in [2.05, 4.69) is 255 Å². The third-order valence-corrected chi connectivity index (χ3v) is 17.8. The number of hydrogen-bond donors (Lipinski definition) is 0. The van der Waals surface area contributed by atoms with E-state index in [1.807, 2.05) is 11.3 Å². The third-order valence-electron chi connectivity index (χ3n) is 16.7. The molecule has 3 heteroatoms. The Morgan fingerprint density at radius 3 is 1.51 bits per heavy atom. The fourth-order valence-corrected chi connectivity index (χ4v) is 14.7. The topological polar surface area (TPSA) is 12.5 Å². The predicted molar refractivity (Wildman–Crippen MR) is 304 cm³/mol. The molecule has 4 aliphatic rings. The van der Waals surface area contributed by atoms with Gasteiger partial charge in [0, 0.05) is 53.8 Å². The molecule has 3 aliphatic carbocycles. The van der Waals surface area contributed by atoms with Crippen molar-refractivity contribution in [3.8, 4) is 78.3 Å². The van der Waals surface area contributed by atoms with E-state index in [-0.39, 0.29) is 5.41 Å². The lowest BCUT2D eigenvalue weighted by molar-refractivity contribution is 0.488. The van der Waals surface area contributed by atoms with Gasteiger partial charge in [-0.15, -0.1) is 11.3 Å². The van der Waals surface area contributed by atoms with E-state index in [9.17, 15) is 0 Å². The van der Waals surface area contributed by atoms with Crippen molar-refractivity contribution in [2.45, 2.75) is 24.7 Å². The first kappa shape index (κ1) is 40.9. The minimum Gasteiger partial charge on any atom is -0.456 e. The van der Waals surface area contributed by atoms with Crippen molar-refractivity contribution in [2.24, 2.45) is 0 Å². The largest absolute Gasteiger partial charge is 0.456 e. The standard InChI is InChI=1S/C70H45NOS/c1-69(2)59-26-12-7-22-50(59)52-34-31-44(39-63(52)69)71(43-33-36-66-57(38-43)48-20-6-4-18-46(48)53-24-10-15-29-65(53)72-66)42-32-35-62-55(37-42)47-19-5-3-17-45(47)49-21-8-13-27-60(49)70(62)61-28-14-9-23-51(61)56-40-58-54-25-11-16-30-67(54)73-68(58)41-64(56)70/h3-41H,1-2H3. The molecule has 1 aromatic heterocycles. The molecule has 0 N–H and O–H groups in total. The van der Waals surface area contributed by atoms with Gasteiger partial charge >= 0.3 is 0 Å². The highest BCUT2D eigenvalue weighted by atomic mass is 32.1. The number of fused-ring (bicyclic) bond motifs is 23. The average molecular weight is 948 g/mol. The summed E-state index contributed by atoms with van der Waals surface area (Å²) in [5.74, 6) is 1.70. The lowest BCUT2D eigenvalue weighted by Gasteiger charge is -2.36. The number of hydrogen-bond acceptors (Lipinski definition) is 3. The van der Waals surface area contributed by atoms with E-state index in [0.29, 0.717) is 0 Å². The molecule has 1 unspecified atom stereocenters. The molecule has 0 fully saturated rings. The van der Waals surface area contributed by atoms with E-state index in [1.54, 1.807) is 0 Å². The second-order valence-corrected chi connectivity index (χ2v) is 21.8. The Labute approximate surface area is 428 Å². The van der Waals surface area contributed by atoms with Gasteiger partial charge in [-0.05, 0) is 156 Å². The number of thiophene rings is 1. The SMILES string of the molecule is CC1(C)c2ccccc2-c2ccc(N(c3ccc4c(c3)-c3ccccc3-c3ccccc3O4)c3ccc4c(c3)-c3ccccc3-c3ccccc3C43c4ccccc4-c4cc5c(cc43)sc3ccccc35)cc21. The van der Waals surface area contributed by atoms with Gasteiger partial charge in [0.05, 0.1) is 5.41 Å². The van der Waals surface area contributed by atoms with Gasteiger partial charge in [0.2, 0.25) is 0 Å². The quantitative estimate of drug-likeness (QED) is 0.175. The highest BCUT2D eigenvalue weighted by Gasteiger charge is 2.50. The fraction of sp³-hybridized carbons (Fsp3) is 0.0571. The zero-order valence-electron chi connectivity index (χ0n) is 40.3. The van der Waals surface area contributed by atoms with Crippen molar-refractivity contribution in [3.63, 3.8) is 0 Å². The number of rotatable bonds is 3. The summed E-state index contributed by atoms with van der Waals surface area (Å²) in [7, 11) is 0. The van der Waals surface area contributed by atoms with Crippen molar-refractivity contribution in [1.29, 1.82) is 0 Å². The molecule has 1 spiro atoms. The van der Waals surface area contributed by atoms with E-state index in [4.69, 9.17) is 4.74 Å². The molecular weight excluding hydrogens is 903 g/mol. The molecule has 1 aliphatic heterocycles. The smallest absolute Gasteiger partial charge is 0.135 e. The molecule has 2 heterocycles. The van der Waals surface area contributed by atoms with Crippen molar-refractivity contribution in [2.75, 3.05) is 4.90 Å². The molecule has 1 atom stereocenters. The summed E-state index contributed by atoms with van der Waals surface area (Å²) in [5, 5.41) is 2.64. The second-order valence-electron chi connectivity index (χ2n) is 20.7. The molecule has 0 amide bonds. The van der Waals surface area contributed by atoms with Crippen molar-refractivity contribution >= 4 is 48.6 Å². The maximum Gasteiger partial charge on any atom is 0.135 e. The molecular formula is C70H45NOS. The second kappa shape index (κ2) is 14.9. The first-order valence-corrected chi connectivity index (χ1v) is 26.2. The Balaban J connectivity index is 0.982. The maximum absolute atomic E-state index is 6.85. The van der Waals surface area contributed by atoms with Crippen LogP contribution in [0.2, 0.25) is 0 Å². The Hall–Kier alpha value is -8.76. The summed E-state index contributed by atoms with van der Waals surface area (Å²) in [6.07, 6.45) is 0. The zero-order valence-corrected chi connectivity index (χ0v) is 41.1. The molecule has 0 saturated carbocycles. The van der Waals surface area contributed by atoms with Crippen LogP contribution >= 0.6 is 11.3 Å². The summed E-state index contributed by atoms with van der Waals surface area (Å²) in [6.45, 7) is 4.75. The van der Waals surface area contributed by atoms with Crippen molar-refractivity contribution in [1.82, 2.24) is 0 Å². The Morgan fingerprint density at radius 1 is 0.301 bits per heavy atom. The van der Waals surface area contributed by atoms with Gasteiger partial charge < -0.3 is 9.64 Å². The highest BCUT2D eigenvalue weighted by molar-refractivity contribution is 7.25. The minimum atomic E-state index is -0.617. The molecule has 16 rings (SSSR count). The number of para-hydroxylation sites is 1. The van der Waals surface area contributed by atoms with Gasteiger partial charge in [0.25, 0.3) is 0 Å². The normalized spacial score (nSPS) is 15.5. The summed E-state index contributed by atoms with van der Waals surface area (Å²) < 4.78 is 9.48. The average Bonchev–Trinajstić information content (AvgIpc) is 3.99. The predicted octanol–water partition coefficient (Wildman–Crippen LogP) is 19.3. The number of nitrogens with zero attached hydrogens (tertiary/aromatic N) is 1. The summed E-state index contributed by atoms with van der Waals surface area (Å²) >= 11 is 1.90. The van der Waals surface area contributed by atoms with Gasteiger partial charge in [-0.25, -0.2) is 0 Å². The molecule has 342 valence electrons. The van der Waals surface area contributed by atoms with E-state index in [0.717, 1.165) is 50.8 Å². The lowest BCUT2D eigenvalue weighted by Crippen LogP contribution is -2.29. The van der Waals surface area contributed by atoms with Gasteiger partial charge in [0.1, 0.15) is 11.5 Å². The van der Waals surface area contributed by atoms with Crippen LogP contribution < -0.4 is 9.64 Å². The summed E-state index contributed by atoms with van der Waals surface area (Å²) in [5.41, 5.74) is 25.0. The molecule has 12 aromatic rings. The Kier molecular flexibility index (Phi) is 8.35. The first-order chi connectivity index (χ1) is 35.9. The molecule has 11 aromatic carbocycles. The molecule has 0 bridgehead atoms. The van der Waals surface area contributed by atoms with Crippen LogP contribution in [0.5, 0.6) is 11.5 Å². The summed E-state index contributed by atoms with van der Waals surface area (Å²) in [4.78, 5) is 2.49. The Bertz CT molecular complexity index is 4360. The van der Waals surface area contributed by atoms with Crippen LogP contribution in [0.25, 0.3) is 86.9 Å². The van der Waals surface area contributed by atoms with E-state index < -0.39 is 5.41 Å². The Morgan fingerprint density at radius 2 is 0.767 bits per heavy atom. The van der Waals surface area contributed by atoms with Gasteiger partial charge in [-0.1, -0.05) is 184 Å². The molecule has 73 heavy (non-hydrogen) atoms. The monoisotopic (exact) mass is 947 g/mol. The van der Waals surface area contributed by atoms with Crippen LogP contribution in [0.15, 0.2) is 237 Å². The number of anilines is 3. The van der Waals surface area contributed by atoms with Crippen LogP contribution in [-0.4, -0.2) is 0 Å². The number of ether oxygens (including phenoxy) is 1. The molecule has 2 nitrogen and oxygen atoms in total. The van der Waals surface area contributed by atoms with E-state index in [1.165, 1.54) is 98.1 Å². The molecule has 0 saturated heterocycles. The summed E-state index contributed by atoms with van der Waals surface area (Å²) in [6, 6.07) is 88.8. The fourth-order valence-electron chi connectivity index (χ4n) is 13.5. The van der Waals surface area contributed by atoms with Gasteiger partial charge in [0.15, 0.2) is 0 Å². The van der Waals surface area contributed by atoms with Gasteiger partial charge in [-0.3, -0.25) is 0 Å². The van der Waals surface area contributed by atoms with Crippen molar-refractivity contribution < 1.29 is 4.74 Å². The van der Waals surface area contributed by atoms with Crippen molar-refractivity contribution in [3.05, 3.63) is 270 Å². The maximum atomic E-state index is 6.85. The van der Waals surface area contributed by atoms with Crippen LogP contribution in [0.3, 0.4) is 0 Å². The van der Waals surface area contributed by atoms with Crippen LogP contribution in [-0.2, 0) is 10.8 Å². The van der Waals surface area contributed by atoms with Crippen LogP contribution in [0, 0.1) is 0 Å². The highest BCUT2D eigenvalue weighted by Crippen LogP contribution is 2.63. The first-order valence-electron chi connectivity index (χ1n) is 25.4. The van der Waals surface area contributed by atoms with E-state index >= 15 is 0 Å². The zero-order chi connectivity index (χ0) is 48.2.